The minimum absolute atomic E-state index is 0. The Morgan fingerprint density at radius 3 is 2.44 bits per heavy atom. The number of halogens is 4. The van der Waals surface area contributed by atoms with Gasteiger partial charge in [-0.05, 0) is 33.9 Å². The summed E-state index contributed by atoms with van der Waals surface area (Å²) in [6.07, 6.45) is -3.66. The highest BCUT2D eigenvalue weighted by atomic mass is 127. The van der Waals surface area contributed by atoms with Crippen LogP contribution in [0.4, 0.5) is 13.2 Å². The Labute approximate surface area is 165 Å². The summed E-state index contributed by atoms with van der Waals surface area (Å²) in [4.78, 5) is 7.24. The van der Waals surface area contributed by atoms with Gasteiger partial charge in [-0.1, -0.05) is 0 Å². The van der Waals surface area contributed by atoms with Crippen molar-refractivity contribution < 1.29 is 21.6 Å². The molecule has 0 atom stereocenters. The minimum Gasteiger partial charge on any atom is -0.356 e. The van der Waals surface area contributed by atoms with Crippen LogP contribution in [0.2, 0.25) is 0 Å². The molecule has 1 N–H and O–H groups in total. The average molecular weight is 500 g/mol. The van der Waals surface area contributed by atoms with Gasteiger partial charge in [-0.3, -0.25) is 9.89 Å². The summed E-state index contributed by atoms with van der Waals surface area (Å²) in [5, 5.41) is 3.10. The molecule has 1 aliphatic heterocycles. The van der Waals surface area contributed by atoms with Crippen molar-refractivity contribution >= 4 is 39.8 Å². The van der Waals surface area contributed by atoms with Crippen LogP contribution in [0.5, 0.6) is 0 Å². The molecular weight excluding hydrogens is 472 g/mol. The smallest absolute Gasteiger partial charge is 0.356 e. The topological polar surface area (TPSA) is 65.0 Å². The maximum absolute atomic E-state index is 12.2. The first kappa shape index (κ1) is 24.7. The van der Waals surface area contributed by atoms with Crippen LogP contribution in [-0.4, -0.2) is 87.7 Å². The number of rotatable bonds is 5. The third kappa shape index (κ3) is 7.85. The maximum Gasteiger partial charge on any atom is 0.401 e. The monoisotopic (exact) mass is 500 g/mol. The fourth-order valence-corrected chi connectivity index (χ4v) is 3.96. The second-order valence-electron chi connectivity index (χ2n) is 6.68. The van der Waals surface area contributed by atoms with E-state index < -0.39 is 27.3 Å². The molecular formula is C14H28F3IN4O2S. The van der Waals surface area contributed by atoms with Crippen molar-refractivity contribution in [1.82, 2.24) is 15.1 Å². The predicted molar refractivity (Wildman–Crippen MR) is 104 cm³/mol. The molecule has 0 spiro atoms. The SMILES string of the molecule is CN=C(NCCCN(C)CC(F)(F)F)N1CCS(=O)(=O)C(C)(C)C1.I. The summed E-state index contributed by atoms with van der Waals surface area (Å²) in [7, 11) is -0.0908. The van der Waals surface area contributed by atoms with Crippen LogP contribution in [0.1, 0.15) is 20.3 Å². The second-order valence-corrected chi connectivity index (χ2v) is 9.42. The van der Waals surface area contributed by atoms with Crippen molar-refractivity contribution in [2.45, 2.75) is 31.2 Å². The fourth-order valence-electron chi connectivity index (χ4n) is 2.59. The third-order valence-corrected chi connectivity index (χ3v) is 6.54. The third-order valence-electron chi connectivity index (χ3n) is 4.00. The van der Waals surface area contributed by atoms with Crippen LogP contribution in [0.25, 0.3) is 0 Å². The van der Waals surface area contributed by atoms with Crippen molar-refractivity contribution in [3.05, 3.63) is 0 Å². The summed E-state index contributed by atoms with van der Waals surface area (Å²) in [5.74, 6) is 0.645. The molecule has 11 heteroatoms. The molecule has 1 fully saturated rings. The summed E-state index contributed by atoms with van der Waals surface area (Å²) in [5.41, 5.74) is 0. The van der Waals surface area contributed by atoms with Crippen molar-refractivity contribution in [3.8, 4) is 0 Å². The van der Waals surface area contributed by atoms with Gasteiger partial charge in [0.25, 0.3) is 0 Å². The number of hydrogen-bond acceptors (Lipinski definition) is 4. The Morgan fingerprint density at radius 2 is 1.96 bits per heavy atom. The molecule has 0 bridgehead atoms. The molecule has 0 aromatic heterocycles. The Bertz CT molecular complexity index is 553. The summed E-state index contributed by atoms with van der Waals surface area (Å²) in [6, 6.07) is 0. The fraction of sp³-hybridized carbons (Fsp3) is 0.929. The average Bonchev–Trinajstić information content (AvgIpc) is 2.40. The molecule has 6 nitrogen and oxygen atoms in total. The highest BCUT2D eigenvalue weighted by Crippen LogP contribution is 2.23. The van der Waals surface area contributed by atoms with Gasteiger partial charge >= 0.3 is 6.18 Å². The van der Waals surface area contributed by atoms with E-state index in [0.717, 1.165) is 0 Å². The Balaban J connectivity index is 0.00000576. The first-order valence-electron chi connectivity index (χ1n) is 7.81. The zero-order valence-corrected chi connectivity index (χ0v) is 18.2. The van der Waals surface area contributed by atoms with Gasteiger partial charge < -0.3 is 10.2 Å². The minimum atomic E-state index is -4.19. The number of aliphatic imine (C=N–C) groups is 1. The molecule has 0 amide bonds. The first-order chi connectivity index (χ1) is 10.9. The molecule has 0 aliphatic carbocycles. The highest BCUT2D eigenvalue weighted by Gasteiger charge is 2.40. The lowest BCUT2D eigenvalue weighted by molar-refractivity contribution is -0.143. The van der Waals surface area contributed by atoms with Crippen LogP contribution in [0.3, 0.4) is 0 Å². The zero-order valence-electron chi connectivity index (χ0n) is 15.1. The lowest BCUT2D eigenvalue weighted by atomic mass is 10.2. The molecule has 1 saturated heterocycles. The van der Waals surface area contributed by atoms with Gasteiger partial charge in [0, 0.05) is 26.7 Å². The molecule has 0 unspecified atom stereocenters. The Morgan fingerprint density at radius 1 is 1.36 bits per heavy atom. The number of nitrogens with one attached hydrogen (secondary N) is 1. The summed E-state index contributed by atoms with van der Waals surface area (Å²) in [6.45, 7) is 3.92. The molecule has 150 valence electrons. The van der Waals surface area contributed by atoms with E-state index in [9.17, 15) is 21.6 Å². The van der Waals surface area contributed by atoms with E-state index in [1.54, 1.807) is 20.9 Å². The van der Waals surface area contributed by atoms with Crippen LogP contribution >= 0.6 is 24.0 Å². The number of sulfone groups is 1. The van der Waals surface area contributed by atoms with Gasteiger partial charge in [0.05, 0.1) is 17.0 Å². The molecule has 1 heterocycles. The van der Waals surface area contributed by atoms with E-state index in [1.807, 2.05) is 4.90 Å². The number of nitrogens with zero attached hydrogens (tertiary/aromatic N) is 3. The van der Waals surface area contributed by atoms with Crippen molar-refractivity contribution in [1.29, 1.82) is 0 Å². The predicted octanol–water partition coefficient (Wildman–Crippen LogP) is 1.57. The zero-order chi connectivity index (χ0) is 18.6. The van der Waals surface area contributed by atoms with Crippen molar-refractivity contribution in [3.63, 3.8) is 0 Å². The van der Waals surface area contributed by atoms with Gasteiger partial charge in [0.2, 0.25) is 0 Å². The molecule has 0 radical (unpaired) electrons. The summed E-state index contributed by atoms with van der Waals surface area (Å²) >= 11 is 0. The Kier molecular flexibility index (Phi) is 9.47. The van der Waals surface area contributed by atoms with E-state index in [0.29, 0.717) is 38.6 Å². The van der Waals surface area contributed by atoms with Crippen LogP contribution < -0.4 is 5.32 Å². The molecule has 0 aromatic carbocycles. The van der Waals surface area contributed by atoms with Gasteiger partial charge in [-0.2, -0.15) is 13.2 Å². The van der Waals surface area contributed by atoms with E-state index >= 15 is 0 Å². The van der Waals surface area contributed by atoms with Crippen LogP contribution in [0, 0.1) is 0 Å². The summed E-state index contributed by atoms with van der Waals surface area (Å²) < 4.78 is 59.9. The van der Waals surface area contributed by atoms with E-state index in [4.69, 9.17) is 0 Å². The van der Waals surface area contributed by atoms with Gasteiger partial charge in [0.1, 0.15) is 0 Å². The Hall–Kier alpha value is -0.300. The molecule has 25 heavy (non-hydrogen) atoms. The molecule has 1 rings (SSSR count). The van der Waals surface area contributed by atoms with E-state index in [1.165, 1.54) is 11.9 Å². The largest absolute Gasteiger partial charge is 0.401 e. The standard InChI is InChI=1S/C14H27F3N4O2S.HI/c1-13(2)10-21(8-9-24(13,22)23)12(18-3)19-6-5-7-20(4)11-14(15,16)17;/h5-11H2,1-4H3,(H,18,19);1H. The van der Waals surface area contributed by atoms with E-state index in [2.05, 4.69) is 10.3 Å². The van der Waals surface area contributed by atoms with Crippen LogP contribution in [0.15, 0.2) is 4.99 Å². The van der Waals surface area contributed by atoms with Gasteiger partial charge in [-0.15, -0.1) is 24.0 Å². The van der Waals surface area contributed by atoms with Gasteiger partial charge in [0.15, 0.2) is 15.8 Å². The van der Waals surface area contributed by atoms with Crippen LogP contribution in [-0.2, 0) is 9.84 Å². The quantitative estimate of drug-likeness (QED) is 0.269. The molecule has 0 aromatic rings. The first-order valence-corrected chi connectivity index (χ1v) is 9.46. The second kappa shape index (κ2) is 9.58. The lowest BCUT2D eigenvalue weighted by Crippen LogP contribution is -2.57. The lowest BCUT2D eigenvalue weighted by Gasteiger charge is -2.39. The number of guanidine groups is 1. The number of hydrogen-bond donors (Lipinski definition) is 1. The van der Waals surface area contributed by atoms with Crippen molar-refractivity contribution in [2.24, 2.45) is 4.99 Å². The van der Waals surface area contributed by atoms with E-state index in [-0.39, 0.29) is 29.7 Å². The van der Waals surface area contributed by atoms with Gasteiger partial charge in [-0.25, -0.2) is 8.42 Å². The molecule has 1 aliphatic rings. The van der Waals surface area contributed by atoms with Crippen molar-refractivity contribution in [2.75, 3.05) is 52.6 Å². The number of alkyl halides is 3. The molecule has 0 saturated carbocycles. The highest BCUT2D eigenvalue weighted by molar-refractivity contribution is 14.0. The normalized spacial score (nSPS) is 20.3. The maximum atomic E-state index is 12.2.